The number of ether oxygens (including phenoxy) is 1. The van der Waals surface area contributed by atoms with Gasteiger partial charge in [-0.05, 0) is 26.3 Å². The Labute approximate surface area is 139 Å². The molecule has 3 heterocycles. The number of hydrogen-bond acceptors (Lipinski definition) is 7. The van der Waals surface area contributed by atoms with Gasteiger partial charge in [0.25, 0.3) is 0 Å². The van der Waals surface area contributed by atoms with Crippen LogP contribution in [-0.2, 0) is 19.1 Å². The molecule has 9 heteroatoms. The normalized spacial score (nSPS) is 24.9. The lowest BCUT2D eigenvalue weighted by atomic mass is 10.0. The molecule has 3 aliphatic rings. The molecule has 1 N–H and O–H groups in total. The fourth-order valence-corrected chi connectivity index (χ4v) is 3.08. The molecule has 1 unspecified atom stereocenters. The molecule has 0 aromatic rings. The van der Waals surface area contributed by atoms with Crippen molar-refractivity contribution >= 4 is 24.1 Å². The SMILES string of the molecule is CN1C(C(=O)OC(C)(C)C)C2=C(CCNC2)N1N1C=NC(=O)C1=O. The highest BCUT2D eigenvalue weighted by molar-refractivity contribution is 6.41. The number of carbonyl (C=O) groups excluding carboxylic acids is 3. The highest BCUT2D eigenvalue weighted by atomic mass is 16.6. The van der Waals surface area contributed by atoms with Crippen molar-refractivity contribution in [2.75, 3.05) is 20.1 Å². The minimum Gasteiger partial charge on any atom is -0.458 e. The molecular formula is C15H21N5O4. The molecule has 0 aliphatic carbocycles. The molecule has 1 atom stereocenters. The van der Waals surface area contributed by atoms with Crippen molar-refractivity contribution in [3.8, 4) is 0 Å². The molecule has 0 radical (unpaired) electrons. The number of nitrogens with zero attached hydrogens (tertiary/aromatic N) is 4. The average molecular weight is 335 g/mol. The lowest BCUT2D eigenvalue weighted by molar-refractivity contribution is -0.175. The van der Waals surface area contributed by atoms with Gasteiger partial charge in [-0.2, -0.15) is 15.0 Å². The predicted molar refractivity (Wildman–Crippen MR) is 84.1 cm³/mol. The van der Waals surface area contributed by atoms with Crippen LogP contribution in [0.5, 0.6) is 0 Å². The molecule has 0 aromatic carbocycles. The van der Waals surface area contributed by atoms with E-state index in [9.17, 15) is 14.4 Å². The van der Waals surface area contributed by atoms with Crippen LogP contribution in [0.4, 0.5) is 0 Å². The quantitative estimate of drug-likeness (QED) is 0.533. The van der Waals surface area contributed by atoms with E-state index in [0.29, 0.717) is 13.0 Å². The molecule has 3 rings (SSSR count). The van der Waals surface area contributed by atoms with Crippen LogP contribution in [0.1, 0.15) is 27.2 Å². The summed E-state index contributed by atoms with van der Waals surface area (Å²) in [5.74, 6) is -1.95. The number of esters is 1. The van der Waals surface area contributed by atoms with Crippen LogP contribution in [0, 0.1) is 0 Å². The summed E-state index contributed by atoms with van der Waals surface area (Å²) in [7, 11) is 1.69. The fraction of sp³-hybridized carbons (Fsp3) is 0.600. The number of nitrogens with one attached hydrogen (secondary N) is 1. The highest BCUT2D eigenvalue weighted by Gasteiger charge is 2.48. The summed E-state index contributed by atoms with van der Waals surface area (Å²) >= 11 is 0. The van der Waals surface area contributed by atoms with Crippen molar-refractivity contribution in [2.24, 2.45) is 4.99 Å². The van der Waals surface area contributed by atoms with Gasteiger partial charge >= 0.3 is 17.8 Å². The minimum atomic E-state index is -0.819. The third-order valence-corrected chi connectivity index (χ3v) is 3.98. The smallest absolute Gasteiger partial charge is 0.339 e. The average Bonchev–Trinajstić information content (AvgIpc) is 2.95. The predicted octanol–water partition coefficient (Wildman–Crippen LogP) is -0.581. The first-order valence-electron chi connectivity index (χ1n) is 7.80. The third kappa shape index (κ3) is 2.69. The fourth-order valence-electron chi connectivity index (χ4n) is 3.08. The first-order chi connectivity index (χ1) is 11.2. The number of likely N-dealkylation sites (N-methyl/N-ethyl adjacent to an activating group) is 1. The minimum absolute atomic E-state index is 0.390. The zero-order valence-corrected chi connectivity index (χ0v) is 14.2. The third-order valence-electron chi connectivity index (χ3n) is 3.98. The Balaban J connectivity index is 1.94. The number of aliphatic imine (C=N–C) groups is 1. The molecule has 0 bridgehead atoms. The van der Waals surface area contributed by atoms with Crippen LogP contribution in [0.15, 0.2) is 16.3 Å². The lowest BCUT2D eigenvalue weighted by Gasteiger charge is -2.36. The summed E-state index contributed by atoms with van der Waals surface area (Å²) in [4.78, 5) is 39.7. The standard InChI is InChI=1S/C15H21N5O4/c1-15(2,3)24-14(23)11-9-7-16-6-5-10(9)20(18(11)4)19-8-17-12(21)13(19)22/h8,11,16H,5-7H2,1-4H3. The molecule has 0 saturated heterocycles. The molecule has 0 aromatic heterocycles. The van der Waals surface area contributed by atoms with E-state index in [1.54, 1.807) is 37.9 Å². The van der Waals surface area contributed by atoms with Gasteiger partial charge in [0.1, 0.15) is 11.9 Å². The summed E-state index contributed by atoms with van der Waals surface area (Å²) < 4.78 is 5.53. The van der Waals surface area contributed by atoms with Gasteiger partial charge in [0.05, 0.1) is 5.70 Å². The summed E-state index contributed by atoms with van der Waals surface area (Å²) in [5, 5.41) is 7.56. The van der Waals surface area contributed by atoms with Gasteiger partial charge in [-0.15, -0.1) is 0 Å². The number of carbonyl (C=O) groups is 3. The molecule has 3 aliphatic heterocycles. The maximum atomic E-state index is 12.7. The zero-order chi connectivity index (χ0) is 17.6. The van der Waals surface area contributed by atoms with Gasteiger partial charge in [0.2, 0.25) is 0 Å². The zero-order valence-electron chi connectivity index (χ0n) is 14.2. The van der Waals surface area contributed by atoms with E-state index >= 15 is 0 Å². The number of amides is 2. The van der Waals surface area contributed by atoms with E-state index in [1.165, 1.54) is 6.34 Å². The summed E-state index contributed by atoms with van der Waals surface area (Å²) in [6.45, 7) is 6.66. The van der Waals surface area contributed by atoms with Crippen molar-refractivity contribution in [1.82, 2.24) is 20.5 Å². The van der Waals surface area contributed by atoms with Gasteiger partial charge < -0.3 is 10.1 Å². The molecule has 130 valence electrons. The second-order valence-electron chi connectivity index (χ2n) is 6.90. The molecule has 0 spiro atoms. The van der Waals surface area contributed by atoms with Crippen molar-refractivity contribution in [3.05, 3.63) is 11.3 Å². The van der Waals surface area contributed by atoms with E-state index in [0.717, 1.165) is 22.8 Å². The summed E-state index contributed by atoms with van der Waals surface area (Å²) in [5.41, 5.74) is 1.05. The summed E-state index contributed by atoms with van der Waals surface area (Å²) in [6.07, 6.45) is 1.82. The first kappa shape index (κ1) is 16.6. The Bertz CT molecular complexity index is 663. The second kappa shape index (κ2) is 5.67. The molecule has 9 nitrogen and oxygen atoms in total. The second-order valence-corrected chi connectivity index (χ2v) is 6.90. The van der Waals surface area contributed by atoms with E-state index in [4.69, 9.17) is 4.74 Å². The van der Waals surface area contributed by atoms with E-state index < -0.39 is 29.4 Å². The van der Waals surface area contributed by atoms with Gasteiger partial charge in [-0.3, -0.25) is 9.59 Å². The molecule has 2 amide bonds. The number of hydrazine groups is 2. The van der Waals surface area contributed by atoms with Crippen molar-refractivity contribution in [3.63, 3.8) is 0 Å². The van der Waals surface area contributed by atoms with Crippen molar-refractivity contribution in [2.45, 2.75) is 38.8 Å². The summed E-state index contributed by atoms with van der Waals surface area (Å²) in [6, 6.07) is -0.649. The monoisotopic (exact) mass is 335 g/mol. The maximum Gasteiger partial charge on any atom is 0.339 e. The largest absolute Gasteiger partial charge is 0.458 e. The van der Waals surface area contributed by atoms with Gasteiger partial charge in [-0.1, -0.05) is 0 Å². The van der Waals surface area contributed by atoms with E-state index in [2.05, 4.69) is 10.3 Å². The van der Waals surface area contributed by atoms with Gasteiger partial charge in [0, 0.05) is 26.6 Å². The Morgan fingerprint density at radius 2 is 2.08 bits per heavy atom. The van der Waals surface area contributed by atoms with Gasteiger partial charge in [0.15, 0.2) is 6.04 Å². The Hall–Kier alpha value is -2.26. The molecular weight excluding hydrogens is 314 g/mol. The maximum absolute atomic E-state index is 12.7. The number of hydrogen-bond donors (Lipinski definition) is 1. The topological polar surface area (TPSA) is 94.6 Å². The first-order valence-corrected chi connectivity index (χ1v) is 7.80. The van der Waals surface area contributed by atoms with Crippen LogP contribution in [0.2, 0.25) is 0 Å². The van der Waals surface area contributed by atoms with Crippen LogP contribution >= 0.6 is 0 Å². The number of rotatable bonds is 2. The lowest BCUT2D eigenvalue weighted by Crippen LogP contribution is -2.53. The Kier molecular flexibility index (Phi) is 3.92. The molecule has 24 heavy (non-hydrogen) atoms. The van der Waals surface area contributed by atoms with Crippen molar-refractivity contribution < 1.29 is 19.1 Å². The highest BCUT2D eigenvalue weighted by Crippen LogP contribution is 2.34. The van der Waals surface area contributed by atoms with Crippen LogP contribution in [0.3, 0.4) is 0 Å². The van der Waals surface area contributed by atoms with E-state index in [1.807, 2.05) is 0 Å². The Morgan fingerprint density at radius 3 is 2.67 bits per heavy atom. The van der Waals surface area contributed by atoms with Crippen LogP contribution in [0.25, 0.3) is 0 Å². The van der Waals surface area contributed by atoms with Crippen LogP contribution < -0.4 is 5.32 Å². The molecule has 0 fully saturated rings. The van der Waals surface area contributed by atoms with Crippen molar-refractivity contribution in [1.29, 1.82) is 0 Å². The van der Waals surface area contributed by atoms with Gasteiger partial charge in [-0.25, -0.2) is 9.91 Å². The van der Waals surface area contributed by atoms with Crippen LogP contribution in [-0.4, -0.2) is 71.0 Å². The van der Waals surface area contributed by atoms with E-state index in [-0.39, 0.29) is 0 Å². The molecule has 0 saturated carbocycles. The Morgan fingerprint density at radius 1 is 1.38 bits per heavy atom.